The van der Waals surface area contributed by atoms with Crippen molar-refractivity contribution in [2.24, 2.45) is 5.92 Å². The molecule has 0 bridgehead atoms. The van der Waals surface area contributed by atoms with Gasteiger partial charge in [-0.3, -0.25) is 4.79 Å². The summed E-state index contributed by atoms with van der Waals surface area (Å²) >= 11 is 0. The molecule has 2 aromatic heterocycles. The van der Waals surface area contributed by atoms with Crippen molar-refractivity contribution < 1.29 is 9.32 Å². The van der Waals surface area contributed by atoms with E-state index < -0.39 is 0 Å². The van der Waals surface area contributed by atoms with Gasteiger partial charge in [0.05, 0.1) is 16.6 Å². The summed E-state index contributed by atoms with van der Waals surface area (Å²) in [6, 6.07) is 1.86. The van der Waals surface area contributed by atoms with E-state index in [4.69, 9.17) is 4.52 Å². The molecule has 0 radical (unpaired) electrons. The molecule has 1 N–H and O–H groups in total. The second-order valence-corrected chi connectivity index (χ2v) is 5.88. The lowest BCUT2D eigenvalue weighted by molar-refractivity contribution is 0.0674. The lowest BCUT2D eigenvalue weighted by atomic mass is 9.97. The first-order chi connectivity index (χ1) is 10.7. The Balaban J connectivity index is 0.00000192. The Morgan fingerprint density at radius 3 is 3.09 bits per heavy atom. The summed E-state index contributed by atoms with van der Waals surface area (Å²) in [6.45, 7) is 4.59. The molecule has 0 aromatic carbocycles. The highest BCUT2D eigenvalue weighted by atomic mass is 35.5. The van der Waals surface area contributed by atoms with Crippen molar-refractivity contribution in [3.8, 4) is 0 Å². The average Bonchev–Trinajstić information content (AvgIpc) is 2.97. The van der Waals surface area contributed by atoms with Crippen LogP contribution in [0.5, 0.6) is 0 Å². The molecule has 23 heavy (non-hydrogen) atoms. The van der Waals surface area contributed by atoms with Crippen LogP contribution in [-0.4, -0.2) is 47.6 Å². The van der Waals surface area contributed by atoms with Crippen molar-refractivity contribution in [2.75, 3.05) is 26.7 Å². The maximum Gasteiger partial charge on any atom is 0.257 e. The van der Waals surface area contributed by atoms with Crippen molar-refractivity contribution in [1.29, 1.82) is 0 Å². The first-order valence-electron chi connectivity index (χ1n) is 7.91. The van der Waals surface area contributed by atoms with Crippen molar-refractivity contribution in [2.45, 2.75) is 26.2 Å². The van der Waals surface area contributed by atoms with E-state index in [0.29, 0.717) is 17.2 Å². The normalized spacial score (nSPS) is 18.0. The molecule has 3 rings (SSSR count). The van der Waals surface area contributed by atoms with Gasteiger partial charge in [-0.25, -0.2) is 4.98 Å². The summed E-state index contributed by atoms with van der Waals surface area (Å²) in [4.78, 5) is 18.9. The highest BCUT2D eigenvalue weighted by Crippen LogP contribution is 2.21. The van der Waals surface area contributed by atoms with Gasteiger partial charge in [-0.15, -0.1) is 12.4 Å². The Bertz CT molecular complexity index is 671. The molecule has 2 aromatic rings. The summed E-state index contributed by atoms with van der Waals surface area (Å²) in [7, 11) is 1.96. The lowest BCUT2D eigenvalue weighted by Crippen LogP contribution is -2.42. The predicted octanol–water partition coefficient (Wildman–Crippen LogP) is 2.28. The molecule has 0 aliphatic carbocycles. The van der Waals surface area contributed by atoms with E-state index in [1.807, 2.05) is 24.9 Å². The van der Waals surface area contributed by atoms with Gasteiger partial charge in [-0.2, -0.15) is 0 Å². The lowest BCUT2D eigenvalue weighted by Gasteiger charge is -2.32. The predicted molar refractivity (Wildman–Crippen MR) is 91.0 cm³/mol. The van der Waals surface area contributed by atoms with Gasteiger partial charge in [0.15, 0.2) is 0 Å². The fourth-order valence-electron chi connectivity index (χ4n) is 3.14. The quantitative estimate of drug-likeness (QED) is 0.926. The molecule has 7 heteroatoms. The third-order valence-electron chi connectivity index (χ3n) is 4.29. The van der Waals surface area contributed by atoms with Crippen molar-refractivity contribution in [3.63, 3.8) is 0 Å². The van der Waals surface area contributed by atoms with Crippen LogP contribution < -0.4 is 5.32 Å². The Kier molecular flexibility index (Phi) is 5.96. The number of amides is 1. The SMILES string of the molecule is CCc1noc2ncc(C(=O)N3CCCC(CNC)C3)cc12.Cl. The Labute approximate surface area is 142 Å². The van der Waals surface area contributed by atoms with Gasteiger partial charge in [0, 0.05) is 19.3 Å². The van der Waals surface area contributed by atoms with Crippen molar-refractivity contribution in [1.82, 2.24) is 20.4 Å². The number of carbonyl (C=O) groups is 1. The molecule has 3 heterocycles. The number of hydrogen-bond acceptors (Lipinski definition) is 5. The fraction of sp³-hybridized carbons (Fsp3) is 0.562. The zero-order valence-electron chi connectivity index (χ0n) is 13.5. The maximum absolute atomic E-state index is 12.7. The molecule has 6 nitrogen and oxygen atoms in total. The number of hydrogen-bond donors (Lipinski definition) is 1. The standard InChI is InChI=1S/C16H22N4O2.ClH/c1-3-14-13-7-12(9-18-15(13)22-19-14)16(21)20-6-4-5-11(10-20)8-17-2;/h7,9,11,17H,3-6,8,10H2,1-2H3;1H. The van der Waals surface area contributed by atoms with E-state index in [-0.39, 0.29) is 18.3 Å². The molecule has 1 fully saturated rings. The highest BCUT2D eigenvalue weighted by molar-refractivity contribution is 5.97. The van der Waals surface area contributed by atoms with E-state index in [1.54, 1.807) is 6.20 Å². The number of carbonyl (C=O) groups excluding carboxylic acids is 1. The Morgan fingerprint density at radius 2 is 2.35 bits per heavy atom. The number of rotatable bonds is 4. The van der Waals surface area contributed by atoms with Gasteiger partial charge >= 0.3 is 0 Å². The van der Waals surface area contributed by atoms with Crippen LogP contribution >= 0.6 is 12.4 Å². The third-order valence-corrected chi connectivity index (χ3v) is 4.29. The Morgan fingerprint density at radius 1 is 1.52 bits per heavy atom. The number of piperidine rings is 1. The van der Waals surface area contributed by atoms with Gasteiger partial charge < -0.3 is 14.7 Å². The number of nitrogens with zero attached hydrogens (tertiary/aromatic N) is 3. The van der Waals surface area contributed by atoms with Crippen LogP contribution in [0, 0.1) is 5.92 Å². The van der Waals surface area contributed by atoms with E-state index in [2.05, 4.69) is 15.5 Å². The molecule has 0 saturated carbocycles. The number of halogens is 1. The smallest absolute Gasteiger partial charge is 0.257 e. The molecule has 1 saturated heterocycles. The number of pyridine rings is 1. The second-order valence-electron chi connectivity index (χ2n) is 5.88. The van der Waals surface area contributed by atoms with Crippen LogP contribution in [0.25, 0.3) is 11.1 Å². The van der Waals surface area contributed by atoms with Crippen molar-refractivity contribution >= 4 is 29.4 Å². The zero-order valence-corrected chi connectivity index (χ0v) is 14.4. The molecule has 1 unspecified atom stereocenters. The monoisotopic (exact) mass is 338 g/mol. The van der Waals surface area contributed by atoms with Gasteiger partial charge in [0.25, 0.3) is 11.6 Å². The number of nitrogens with one attached hydrogen (secondary N) is 1. The number of likely N-dealkylation sites (tertiary alicyclic amines) is 1. The molecular formula is C16H23ClN4O2. The zero-order chi connectivity index (χ0) is 15.5. The van der Waals surface area contributed by atoms with Crippen LogP contribution in [0.15, 0.2) is 16.8 Å². The van der Waals surface area contributed by atoms with E-state index in [0.717, 1.165) is 43.6 Å². The van der Waals surface area contributed by atoms with Crippen molar-refractivity contribution in [3.05, 3.63) is 23.5 Å². The van der Waals surface area contributed by atoms with Crippen LogP contribution in [0.4, 0.5) is 0 Å². The van der Waals surface area contributed by atoms with E-state index >= 15 is 0 Å². The molecular weight excluding hydrogens is 316 g/mol. The van der Waals surface area contributed by atoms with Crippen LogP contribution in [0.2, 0.25) is 0 Å². The molecule has 126 valence electrons. The third kappa shape index (κ3) is 3.64. The van der Waals surface area contributed by atoms with Gasteiger partial charge in [-0.05, 0) is 44.8 Å². The Hall–Kier alpha value is -1.66. The van der Waals surface area contributed by atoms with Crippen LogP contribution in [-0.2, 0) is 6.42 Å². The maximum atomic E-state index is 12.7. The van der Waals surface area contributed by atoms with Gasteiger partial charge in [0.2, 0.25) is 0 Å². The first-order valence-corrected chi connectivity index (χ1v) is 7.91. The molecule has 1 atom stereocenters. The van der Waals surface area contributed by atoms with Gasteiger partial charge in [0.1, 0.15) is 0 Å². The van der Waals surface area contributed by atoms with Crippen LogP contribution in [0.3, 0.4) is 0 Å². The summed E-state index contributed by atoms with van der Waals surface area (Å²) < 4.78 is 5.17. The van der Waals surface area contributed by atoms with Gasteiger partial charge in [-0.1, -0.05) is 12.1 Å². The summed E-state index contributed by atoms with van der Waals surface area (Å²) in [6.07, 6.45) is 4.59. The van der Waals surface area contributed by atoms with E-state index in [9.17, 15) is 4.79 Å². The summed E-state index contributed by atoms with van der Waals surface area (Å²) in [5, 5.41) is 8.04. The average molecular weight is 339 g/mol. The van der Waals surface area contributed by atoms with E-state index in [1.165, 1.54) is 6.42 Å². The fourth-order valence-corrected chi connectivity index (χ4v) is 3.14. The number of aromatic nitrogens is 2. The molecule has 1 aliphatic rings. The number of fused-ring (bicyclic) bond motifs is 1. The van der Waals surface area contributed by atoms with Crippen LogP contribution in [0.1, 0.15) is 35.8 Å². The minimum atomic E-state index is 0. The molecule has 1 amide bonds. The topological polar surface area (TPSA) is 71.3 Å². The molecule has 1 aliphatic heterocycles. The highest BCUT2D eigenvalue weighted by Gasteiger charge is 2.25. The minimum Gasteiger partial charge on any atom is -0.338 e. The molecule has 0 spiro atoms. The largest absolute Gasteiger partial charge is 0.338 e. The first kappa shape index (κ1) is 17.7. The summed E-state index contributed by atoms with van der Waals surface area (Å²) in [5.41, 5.74) is 1.97. The number of aryl methyl sites for hydroxylation is 1. The second kappa shape index (κ2) is 7.75. The minimum absolute atomic E-state index is 0. The summed E-state index contributed by atoms with van der Waals surface area (Å²) in [5.74, 6) is 0.583.